The number of hydrogen-bond donors (Lipinski definition) is 2. The number of phenols is 1. The molecule has 0 amide bonds. The van der Waals surface area contributed by atoms with Gasteiger partial charge in [0.05, 0.1) is 0 Å². The first kappa shape index (κ1) is 10.7. The van der Waals surface area contributed by atoms with Crippen LogP contribution in [0.3, 0.4) is 0 Å². The molecule has 0 bridgehead atoms. The normalized spacial score (nSPS) is 8.17. The molecule has 0 spiro atoms. The van der Waals surface area contributed by atoms with E-state index in [4.69, 9.17) is 10.2 Å². The van der Waals surface area contributed by atoms with Crippen LogP contribution in [-0.2, 0) is 0 Å². The molecule has 2 N–H and O–H groups in total. The van der Waals surface area contributed by atoms with Crippen molar-refractivity contribution >= 4 is 6.08 Å². The lowest BCUT2D eigenvalue weighted by molar-refractivity contribution is 0.318. The van der Waals surface area contributed by atoms with Gasteiger partial charge in [-0.3, -0.25) is 0 Å². The molecule has 0 unspecified atom stereocenters. The highest BCUT2D eigenvalue weighted by molar-refractivity contribution is 5.47. The Hall–Kier alpha value is -1.28. The summed E-state index contributed by atoms with van der Waals surface area (Å²) in [5.74, 6) is 0.292. The second-order valence-corrected chi connectivity index (χ2v) is 2.11. The van der Waals surface area contributed by atoms with Gasteiger partial charge in [0.15, 0.2) is 0 Å². The molecule has 0 fully saturated rings. The largest absolute Gasteiger partial charge is 0.508 e. The monoisotopic (exact) mass is 166 g/mol. The highest BCUT2D eigenvalue weighted by Crippen LogP contribution is 2.09. The lowest BCUT2D eigenvalue weighted by Gasteiger charge is -1.90. The first-order chi connectivity index (χ1) is 5.74. The fraction of sp³-hybridized carbons (Fsp3) is 0.200. The number of aromatic hydroxyl groups is 1. The molecule has 0 aromatic heterocycles. The lowest BCUT2D eigenvalue weighted by Crippen LogP contribution is -1.67. The number of benzene rings is 1. The molecule has 2 nitrogen and oxygen atoms in total. The van der Waals surface area contributed by atoms with Crippen LogP contribution in [0.2, 0.25) is 0 Å². The Labute approximate surface area is 72.8 Å². The summed E-state index contributed by atoms with van der Waals surface area (Å²) in [4.78, 5) is 0. The molecule has 2 heteroatoms. The zero-order chi connectivity index (χ0) is 9.40. The van der Waals surface area contributed by atoms with Crippen LogP contribution in [-0.4, -0.2) is 16.8 Å². The van der Waals surface area contributed by atoms with E-state index in [0.29, 0.717) is 5.75 Å². The van der Waals surface area contributed by atoms with E-state index in [-0.39, 0.29) is 6.61 Å². The third-order valence-electron chi connectivity index (χ3n) is 1.13. The van der Waals surface area contributed by atoms with Crippen LogP contribution in [0, 0.1) is 0 Å². The molecule has 12 heavy (non-hydrogen) atoms. The van der Waals surface area contributed by atoms with Crippen molar-refractivity contribution in [2.75, 3.05) is 6.61 Å². The van der Waals surface area contributed by atoms with Gasteiger partial charge in [-0.05, 0) is 24.6 Å². The zero-order valence-corrected chi connectivity index (χ0v) is 7.20. The van der Waals surface area contributed by atoms with Crippen molar-refractivity contribution < 1.29 is 10.2 Å². The molecule has 0 aliphatic rings. The zero-order valence-electron chi connectivity index (χ0n) is 7.20. The summed E-state index contributed by atoms with van der Waals surface area (Å²) in [6.07, 6.45) is 1.74. The van der Waals surface area contributed by atoms with Crippen molar-refractivity contribution in [1.82, 2.24) is 0 Å². The quantitative estimate of drug-likeness (QED) is 0.670. The number of rotatable bonds is 1. The van der Waals surface area contributed by atoms with Crippen molar-refractivity contribution in [1.29, 1.82) is 0 Å². The van der Waals surface area contributed by atoms with Crippen molar-refractivity contribution in [3.05, 3.63) is 36.4 Å². The van der Waals surface area contributed by atoms with Gasteiger partial charge in [0.25, 0.3) is 0 Å². The van der Waals surface area contributed by atoms with E-state index < -0.39 is 0 Å². The SMILES string of the molecule is C=Cc1ccc(O)cc1.CCO. The maximum absolute atomic E-state index is 8.82. The van der Waals surface area contributed by atoms with Crippen LogP contribution < -0.4 is 0 Å². The Balaban J connectivity index is 0.000000354. The van der Waals surface area contributed by atoms with Gasteiger partial charge in [-0.15, -0.1) is 0 Å². The predicted octanol–water partition coefficient (Wildman–Crippen LogP) is 2.03. The smallest absolute Gasteiger partial charge is 0.115 e. The number of phenolic OH excluding ortho intramolecular Hbond substituents is 1. The minimum atomic E-state index is 0.250. The van der Waals surface area contributed by atoms with Crippen molar-refractivity contribution in [2.24, 2.45) is 0 Å². The second-order valence-electron chi connectivity index (χ2n) is 2.11. The van der Waals surface area contributed by atoms with Gasteiger partial charge in [0.2, 0.25) is 0 Å². The molecule has 0 radical (unpaired) electrons. The first-order valence-corrected chi connectivity index (χ1v) is 3.77. The topological polar surface area (TPSA) is 40.5 Å². The first-order valence-electron chi connectivity index (χ1n) is 3.77. The van der Waals surface area contributed by atoms with Gasteiger partial charge in [0.1, 0.15) is 5.75 Å². The van der Waals surface area contributed by atoms with Crippen molar-refractivity contribution in [3.8, 4) is 5.75 Å². The van der Waals surface area contributed by atoms with Crippen LogP contribution in [0.15, 0.2) is 30.8 Å². The van der Waals surface area contributed by atoms with Crippen molar-refractivity contribution in [3.63, 3.8) is 0 Å². The Morgan fingerprint density at radius 1 is 1.33 bits per heavy atom. The van der Waals surface area contributed by atoms with E-state index in [2.05, 4.69) is 6.58 Å². The van der Waals surface area contributed by atoms with E-state index in [9.17, 15) is 0 Å². The highest BCUT2D eigenvalue weighted by atomic mass is 16.3. The Kier molecular flexibility index (Phi) is 5.75. The molecular formula is C10H14O2. The van der Waals surface area contributed by atoms with Gasteiger partial charge in [-0.25, -0.2) is 0 Å². The van der Waals surface area contributed by atoms with Gasteiger partial charge < -0.3 is 10.2 Å². The van der Waals surface area contributed by atoms with E-state index in [0.717, 1.165) is 5.56 Å². The summed E-state index contributed by atoms with van der Waals surface area (Å²) < 4.78 is 0. The van der Waals surface area contributed by atoms with E-state index in [1.165, 1.54) is 0 Å². The van der Waals surface area contributed by atoms with Crippen LogP contribution >= 0.6 is 0 Å². The van der Waals surface area contributed by atoms with Crippen molar-refractivity contribution in [2.45, 2.75) is 6.92 Å². The molecule has 66 valence electrons. The number of hydrogen-bond acceptors (Lipinski definition) is 2. The van der Waals surface area contributed by atoms with E-state index in [1.807, 2.05) is 12.1 Å². The summed E-state index contributed by atoms with van der Waals surface area (Å²) in [7, 11) is 0. The van der Waals surface area contributed by atoms with Crippen LogP contribution in [0.5, 0.6) is 5.75 Å². The standard InChI is InChI=1S/C8H8O.C2H6O/c1-2-7-3-5-8(9)6-4-7;1-2-3/h2-6,9H,1H2;3H,2H2,1H3. The average Bonchev–Trinajstić information content (AvgIpc) is 2.07. The summed E-state index contributed by atoms with van der Waals surface area (Å²) in [5, 5.41) is 16.4. The molecule has 0 aliphatic heterocycles. The molecule has 1 aromatic rings. The minimum Gasteiger partial charge on any atom is -0.508 e. The van der Waals surface area contributed by atoms with E-state index >= 15 is 0 Å². The number of aliphatic hydroxyl groups excluding tert-OH is 1. The summed E-state index contributed by atoms with van der Waals surface area (Å²) in [6.45, 7) is 5.51. The molecular weight excluding hydrogens is 152 g/mol. The van der Waals surface area contributed by atoms with Crippen LogP contribution in [0.1, 0.15) is 12.5 Å². The van der Waals surface area contributed by atoms with Gasteiger partial charge in [-0.2, -0.15) is 0 Å². The summed E-state index contributed by atoms with van der Waals surface area (Å²) in [5.41, 5.74) is 1.02. The molecule has 0 saturated heterocycles. The minimum absolute atomic E-state index is 0.250. The maximum Gasteiger partial charge on any atom is 0.115 e. The fourth-order valence-corrected chi connectivity index (χ4v) is 0.610. The van der Waals surface area contributed by atoms with Crippen LogP contribution in [0.4, 0.5) is 0 Å². The molecule has 0 aliphatic carbocycles. The molecule has 1 aromatic carbocycles. The number of aliphatic hydroxyl groups is 1. The molecule has 1 rings (SSSR count). The Morgan fingerprint density at radius 2 is 1.75 bits per heavy atom. The van der Waals surface area contributed by atoms with Gasteiger partial charge in [0, 0.05) is 6.61 Å². The average molecular weight is 166 g/mol. The Bertz CT molecular complexity index is 214. The second kappa shape index (κ2) is 6.43. The predicted molar refractivity (Wildman–Crippen MR) is 51.0 cm³/mol. The third kappa shape index (κ3) is 4.52. The highest BCUT2D eigenvalue weighted by Gasteiger charge is 1.84. The third-order valence-corrected chi connectivity index (χ3v) is 1.13. The molecule has 0 atom stereocenters. The Morgan fingerprint density at radius 3 is 2.08 bits per heavy atom. The van der Waals surface area contributed by atoms with Gasteiger partial charge >= 0.3 is 0 Å². The molecule has 0 saturated carbocycles. The summed E-state index contributed by atoms with van der Waals surface area (Å²) >= 11 is 0. The summed E-state index contributed by atoms with van der Waals surface area (Å²) in [6, 6.07) is 6.89. The van der Waals surface area contributed by atoms with Crippen LogP contribution in [0.25, 0.3) is 6.08 Å². The fourth-order valence-electron chi connectivity index (χ4n) is 0.610. The maximum atomic E-state index is 8.82. The van der Waals surface area contributed by atoms with E-state index in [1.54, 1.807) is 25.1 Å². The van der Waals surface area contributed by atoms with Gasteiger partial charge in [-0.1, -0.05) is 24.8 Å². The lowest BCUT2D eigenvalue weighted by atomic mass is 10.2. The molecule has 0 heterocycles.